The van der Waals surface area contributed by atoms with Crippen LogP contribution in [0.25, 0.3) is 0 Å². The number of rotatable bonds is 7. The van der Waals surface area contributed by atoms with Gasteiger partial charge in [-0.05, 0) is 31.2 Å². The van der Waals surface area contributed by atoms with Gasteiger partial charge in [0.25, 0.3) is 0 Å². The molecule has 1 aromatic heterocycles. The molecule has 0 saturated carbocycles. The quantitative estimate of drug-likeness (QED) is 0.590. The summed E-state index contributed by atoms with van der Waals surface area (Å²) in [5, 5.41) is 2.04. The highest BCUT2D eigenvalue weighted by Crippen LogP contribution is 2.21. The van der Waals surface area contributed by atoms with Crippen molar-refractivity contribution in [2.75, 3.05) is 6.61 Å². The Kier molecular flexibility index (Phi) is 6.11. The second-order valence-electron chi connectivity index (χ2n) is 3.67. The van der Waals surface area contributed by atoms with Gasteiger partial charge in [-0.25, -0.2) is 0 Å². The van der Waals surface area contributed by atoms with E-state index in [-0.39, 0.29) is 12.0 Å². The fraction of sp³-hybridized carbons (Fsp3) is 0.583. The van der Waals surface area contributed by atoms with Crippen molar-refractivity contribution in [2.45, 2.75) is 38.6 Å². The van der Waals surface area contributed by atoms with Crippen molar-refractivity contribution in [3.05, 3.63) is 22.4 Å². The normalized spacial score (nSPS) is 12.4. The lowest BCUT2D eigenvalue weighted by Crippen LogP contribution is -2.09. The molecule has 0 aliphatic carbocycles. The zero-order chi connectivity index (χ0) is 11.8. The van der Waals surface area contributed by atoms with Gasteiger partial charge in [0, 0.05) is 17.3 Å². The Morgan fingerprint density at radius 2 is 2.38 bits per heavy atom. The van der Waals surface area contributed by atoms with Crippen LogP contribution in [0.1, 0.15) is 43.5 Å². The molecule has 0 amide bonds. The molecule has 0 fully saturated rings. The number of nitrogens with two attached hydrogens (primary N) is 1. The number of carbonyl (C=O) groups excluding carboxylic acids is 1. The van der Waals surface area contributed by atoms with Gasteiger partial charge in [0.1, 0.15) is 0 Å². The number of carbonyl (C=O) groups is 1. The molecule has 1 unspecified atom stereocenters. The summed E-state index contributed by atoms with van der Waals surface area (Å²) in [6.07, 6.45) is 3.26. The molecule has 4 heteroatoms. The number of unbranched alkanes of at least 4 members (excludes halogenated alkanes) is 1. The van der Waals surface area contributed by atoms with E-state index in [1.165, 1.54) is 4.88 Å². The Hall–Kier alpha value is -0.870. The summed E-state index contributed by atoms with van der Waals surface area (Å²) in [6, 6.07) is 4.18. The van der Waals surface area contributed by atoms with Crippen LogP contribution in [-0.2, 0) is 9.53 Å². The van der Waals surface area contributed by atoms with E-state index in [1.54, 1.807) is 11.3 Å². The maximum atomic E-state index is 11.1. The Morgan fingerprint density at radius 1 is 1.56 bits per heavy atom. The minimum atomic E-state index is -0.104. The van der Waals surface area contributed by atoms with Crippen molar-refractivity contribution in [2.24, 2.45) is 5.73 Å². The van der Waals surface area contributed by atoms with Crippen molar-refractivity contribution < 1.29 is 9.53 Å². The Bertz CT molecular complexity index is 298. The van der Waals surface area contributed by atoms with Crippen molar-refractivity contribution in [3.63, 3.8) is 0 Å². The van der Waals surface area contributed by atoms with Crippen molar-refractivity contribution in [3.8, 4) is 0 Å². The van der Waals surface area contributed by atoms with Crippen LogP contribution in [0.2, 0.25) is 0 Å². The summed E-state index contributed by atoms with van der Waals surface area (Å²) in [7, 11) is 0. The van der Waals surface area contributed by atoms with Crippen molar-refractivity contribution in [1.82, 2.24) is 0 Å². The second-order valence-corrected chi connectivity index (χ2v) is 4.65. The minimum Gasteiger partial charge on any atom is -0.466 e. The number of hydrogen-bond acceptors (Lipinski definition) is 4. The molecule has 1 rings (SSSR count). The summed E-state index contributed by atoms with van der Waals surface area (Å²) in [6.45, 7) is 2.29. The lowest BCUT2D eigenvalue weighted by atomic mass is 10.1. The van der Waals surface area contributed by atoms with Crippen LogP contribution < -0.4 is 5.73 Å². The predicted molar refractivity (Wildman–Crippen MR) is 66.3 cm³/mol. The van der Waals surface area contributed by atoms with Gasteiger partial charge in [0.15, 0.2) is 0 Å². The van der Waals surface area contributed by atoms with E-state index < -0.39 is 0 Å². The highest BCUT2D eigenvalue weighted by molar-refractivity contribution is 7.10. The fourth-order valence-electron chi connectivity index (χ4n) is 1.51. The van der Waals surface area contributed by atoms with E-state index >= 15 is 0 Å². The Balaban J connectivity index is 2.09. The lowest BCUT2D eigenvalue weighted by molar-refractivity contribution is -0.143. The minimum absolute atomic E-state index is 0.104. The molecular weight excluding hydrogens is 222 g/mol. The van der Waals surface area contributed by atoms with Gasteiger partial charge in [0.05, 0.1) is 6.61 Å². The van der Waals surface area contributed by atoms with Gasteiger partial charge in [-0.15, -0.1) is 11.3 Å². The van der Waals surface area contributed by atoms with Crippen LogP contribution >= 0.6 is 11.3 Å². The smallest absolute Gasteiger partial charge is 0.305 e. The first-order chi connectivity index (χ1) is 7.74. The van der Waals surface area contributed by atoms with Gasteiger partial charge in [-0.2, -0.15) is 0 Å². The molecule has 90 valence electrons. The van der Waals surface area contributed by atoms with E-state index in [4.69, 9.17) is 10.5 Å². The van der Waals surface area contributed by atoms with Crippen LogP contribution in [0.4, 0.5) is 0 Å². The van der Waals surface area contributed by atoms with Crippen LogP contribution in [0.5, 0.6) is 0 Å². The monoisotopic (exact) mass is 241 g/mol. The van der Waals surface area contributed by atoms with Gasteiger partial charge in [-0.3, -0.25) is 4.79 Å². The molecule has 3 nitrogen and oxygen atoms in total. The Morgan fingerprint density at radius 3 is 3.00 bits per heavy atom. The fourth-order valence-corrected chi connectivity index (χ4v) is 2.28. The predicted octanol–water partition coefficient (Wildman–Crippen LogP) is 2.87. The van der Waals surface area contributed by atoms with Gasteiger partial charge < -0.3 is 10.5 Å². The number of thiophene rings is 1. The number of hydrogen-bond donors (Lipinski definition) is 1. The first-order valence-corrected chi connectivity index (χ1v) is 6.56. The molecule has 16 heavy (non-hydrogen) atoms. The van der Waals surface area contributed by atoms with Crippen LogP contribution in [0, 0.1) is 0 Å². The molecule has 1 aromatic rings. The van der Waals surface area contributed by atoms with Crippen LogP contribution in [-0.4, -0.2) is 12.6 Å². The summed E-state index contributed by atoms with van der Waals surface area (Å²) in [4.78, 5) is 12.3. The zero-order valence-corrected chi connectivity index (χ0v) is 10.5. The first kappa shape index (κ1) is 13.2. The molecule has 0 saturated heterocycles. The largest absolute Gasteiger partial charge is 0.466 e. The molecule has 0 bridgehead atoms. The van der Waals surface area contributed by atoms with Gasteiger partial charge in [-0.1, -0.05) is 12.5 Å². The maximum Gasteiger partial charge on any atom is 0.305 e. The van der Waals surface area contributed by atoms with E-state index in [0.717, 1.165) is 19.3 Å². The van der Waals surface area contributed by atoms with E-state index in [1.807, 2.05) is 18.4 Å². The topological polar surface area (TPSA) is 52.3 Å². The van der Waals surface area contributed by atoms with Crippen molar-refractivity contribution >= 4 is 17.3 Å². The van der Waals surface area contributed by atoms with Crippen LogP contribution in [0.15, 0.2) is 17.5 Å². The highest BCUT2D eigenvalue weighted by atomic mass is 32.1. The van der Waals surface area contributed by atoms with Crippen LogP contribution in [0.3, 0.4) is 0 Å². The van der Waals surface area contributed by atoms with Gasteiger partial charge in [0.2, 0.25) is 0 Å². The molecule has 0 aliphatic heterocycles. The molecule has 0 spiro atoms. The Labute approximate surface area is 101 Å². The summed E-state index contributed by atoms with van der Waals surface area (Å²) >= 11 is 1.69. The lowest BCUT2D eigenvalue weighted by Gasteiger charge is -2.08. The second kappa shape index (κ2) is 7.41. The maximum absolute atomic E-state index is 11.1. The molecule has 0 aliphatic rings. The van der Waals surface area contributed by atoms with Gasteiger partial charge >= 0.3 is 5.97 Å². The summed E-state index contributed by atoms with van der Waals surface area (Å²) in [5.74, 6) is -0.104. The molecule has 2 N–H and O–H groups in total. The molecule has 0 aromatic carbocycles. The highest BCUT2D eigenvalue weighted by Gasteiger charge is 2.07. The first-order valence-electron chi connectivity index (χ1n) is 5.68. The standard InChI is InChI=1S/C12H19NO2S/c1-2-15-12(14)8-4-3-6-10(13)11-7-5-9-16-11/h5,7,9-10H,2-4,6,8,13H2,1H3. The van der Waals surface area contributed by atoms with E-state index in [2.05, 4.69) is 6.07 Å². The average Bonchev–Trinajstić information content (AvgIpc) is 2.78. The summed E-state index contributed by atoms with van der Waals surface area (Å²) in [5.41, 5.74) is 6.01. The third-order valence-corrected chi connectivity index (χ3v) is 3.36. The molecule has 1 atom stereocenters. The van der Waals surface area contributed by atoms with Crippen molar-refractivity contribution in [1.29, 1.82) is 0 Å². The third kappa shape index (κ3) is 4.77. The number of esters is 1. The van der Waals surface area contributed by atoms with E-state index in [0.29, 0.717) is 13.0 Å². The third-order valence-electron chi connectivity index (χ3n) is 2.36. The average molecular weight is 241 g/mol. The zero-order valence-electron chi connectivity index (χ0n) is 9.65. The molecular formula is C12H19NO2S. The SMILES string of the molecule is CCOC(=O)CCCCC(N)c1cccs1. The summed E-state index contributed by atoms with van der Waals surface area (Å²) < 4.78 is 4.85. The molecule has 0 radical (unpaired) electrons. The molecule has 1 heterocycles. The number of ether oxygens (including phenoxy) is 1. The van der Waals surface area contributed by atoms with E-state index in [9.17, 15) is 4.79 Å².